The van der Waals surface area contributed by atoms with Gasteiger partial charge in [0, 0.05) is 13.1 Å². The molecule has 6 heteroatoms. The zero-order chi connectivity index (χ0) is 15.2. The highest BCUT2D eigenvalue weighted by Gasteiger charge is 2.19. The lowest BCUT2D eigenvalue weighted by molar-refractivity contribution is -0.383. The van der Waals surface area contributed by atoms with Crippen molar-refractivity contribution >= 4 is 28.4 Å². The van der Waals surface area contributed by atoms with E-state index in [-0.39, 0.29) is 10.6 Å². The number of nitrogens with one attached hydrogen (secondary N) is 2. The number of hydrogen-bond acceptors (Lipinski definition) is 5. The average Bonchev–Trinajstić information content (AvgIpc) is 2.87. The molecule has 0 radical (unpaired) electrons. The fraction of sp³-hybridized carbons (Fsp3) is 0.333. The zero-order valence-electron chi connectivity index (χ0n) is 12.2. The van der Waals surface area contributed by atoms with Crippen molar-refractivity contribution in [1.82, 2.24) is 0 Å². The summed E-state index contributed by atoms with van der Waals surface area (Å²) in [5.74, 6) is 0. The molecule has 0 bridgehead atoms. The molecule has 2 aromatic rings. The second kappa shape index (κ2) is 7.08. The third-order valence-corrected chi connectivity index (χ3v) is 4.13. The van der Waals surface area contributed by atoms with Crippen LogP contribution in [0.3, 0.4) is 0 Å². The summed E-state index contributed by atoms with van der Waals surface area (Å²) in [6, 6.07) is 5.32. The van der Waals surface area contributed by atoms with E-state index in [9.17, 15) is 10.1 Å². The van der Waals surface area contributed by atoms with E-state index < -0.39 is 0 Å². The number of nitro groups is 1. The molecule has 5 nitrogen and oxygen atoms in total. The van der Waals surface area contributed by atoms with Crippen LogP contribution in [-0.2, 0) is 6.54 Å². The van der Waals surface area contributed by atoms with E-state index in [0.717, 1.165) is 6.42 Å². The van der Waals surface area contributed by atoms with Crippen molar-refractivity contribution < 1.29 is 4.92 Å². The highest BCUT2D eigenvalue weighted by Crippen LogP contribution is 2.33. The van der Waals surface area contributed by atoms with Gasteiger partial charge in [-0.3, -0.25) is 10.1 Å². The molecule has 1 aromatic carbocycles. The fourth-order valence-electron chi connectivity index (χ4n) is 2.04. The van der Waals surface area contributed by atoms with Crippen LogP contribution in [-0.4, -0.2) is 11.5 Å². The third-order valence-electron chi connectivity index (χ3n) is 3.21. The van der Waals surface area contributed by atoms with Gasteiger partial charge in [-0.15, -0.1) is 0 Å². The van der Waals surface area contributed by atoms with Crippen molar-refractivity contribution in [3.05, 3.63) is 50.2 Å². The van der Waals surface area contributed by atoms with E-state index in [1.165, 1.54) is 11.1 Å². The molecule has 21 heavy (non-hydrogen) atoms. The maximum absolute atomic E-state index is 11.4. The van der Waals surface area contributed by atoms with Crippen molar-refractivity contribution in [2.75, 3.05) is 17.2 Å². The van der Waals surface area contributed by atoms with Crippen LogP contribution in [0.5, 0.6) is 0 Å². The number of benzene rings is 1. The molecular weight excluding hydrogens is 286 g/mol. The van der Waals surface area contributed by atoms with Crippen molar-refractivity contribution in [3.8, 4) is 0 Å². The first-order chi connectivity index (χ1) is 10.1. The fourth-order valence-corrected chi connectivity index (χ4v) is 2.90. The average molecular weight is 305 g/mol. The van der Waals surface area contributed by atoms with Crippen molar-refractivity contribution in [2.45, 2.75) is 26.8 Å². The summed E-state index contributed by atoms with van der Waals surface area (Å²) in [5.41, 5.74) is 3.59. The van der Waals surface area contributed by atoms with Gasteiger partial charge in [0.2, 0.25) is 0 Å². The predicted molar refractivity (Wildman–Crippen MR) is 88.3 cm³/mol. The first-order valence-electron chi connectivity index (χ1n) is 6.90. The highest BCUT2D eigenvalue weighted by molar-refractivity contribution is 7.08. The maximum atomic E-state index is 11.4. The maximum Gasteiger partial charge on any atom is 0.315 e. The lowest BCUT2D eigenvalue weighted by Crippen LogP contribution is -2.07. The van der Waals surface area contributed by atoms with Crippen molar-refractivity contribution in [3.63, 3.8) is 0 Å². The largest absolute Gasteiger partial charge is 0.379 e. The molecule has 0 saturated carbocycles. The Morgan fingerprint density at radius 2 is 1.95 bits per heavy atom. The summed E-state index contributed by atoms with van der Waals surface area (Å²) in [6.07, 6.45) is 0.920. The molecule has 2 rings (SSSR count). The first-order valence-corrected chi connectivity index (χ1v) is 7.84. The molecule has 2 N–H and O–H groups in total. The number of para-hydroxylation sites is 1. The molecule has 0 amide bonds. The van der Waals surface area contributed by atoms with Crippen LogP contribution in [0.1, 0.15) is 24.5 Å². The Morgan fingerprint density at radius 3 is 2.52 bits per heavy atom. The number of thiophene rings is 1. The van der Waals surface area contributed by atoms with E-state index >= 15 is 0 Å². The second-order valence-electron chi connectivity index (χ2n) is 4.82. The van der Waals surface area contributed by atoms with Gasteiger partial charge in [-0.2, -0.15) is 11.3 Å². The topological polar surface area (TPSA) is 67.2 Å². The first kappa shape index (κ1) is 15.3. The molecule has 1 heterocycles. The highest BCUT2D eigenvalue weighted by atomic mass is 32.1. The summed E-state index contributed by atoms with van der Waals surface area (Å²) in [7, 11) is 0. The van der Waals surface area contributed by atoms with Crippen LogP contribution in [0.4, 0.5) is 17.1 Å². The van der Waals surface area contributed by atoms with Crippen LogP contribution in [0.2, 0.25) is 0 Å². The minimum atomic E-state index is -0.333. The number of nitrogens with zero attached hydrogens (tertiary/aromatic N) is 1. The number of rotatable bonds is 7. The molecule has 112 valence electrons. The second-order valence-corrected chi connectivity index (χ2v) is 5.56. The molecule has 1 aromatic heterocycles. The normalized spacial score (nSPS) is 10.4. The molecule has 0 atom stereocenters. The minimum absolute atomic E-state index is 0.110. The molecule has 0 unspecified atom stereocenters. The lowest BCUT2D eigenvalue weighted by Gasteiger charge is -2.11. The predicted octanol–water partition coefficient (Wildman–Crippen LogP) is 4.40. The summed E-state index contributed by atoms with van der Waals surface area (Å²) in [5, 5.41) is 21.8. The lowest BCUT2D eigenvalue weighted by atomic mass is 10.2. The Kier molecular flexibility index (Phi) is 5.16. The van der Waals surface area contributed by atoms with E-state index in [4.69, 9.17) is 0 Å². The van der Waals surface area contributed by atoms with Gasteiger partial charge >= 0.3 is 5.69 Å². The number of aryl methyl sites for hydroxylation is 1. The summed E-state index contributed by atoms with van der Waals surface area (Å²) in [4.78, 5) is 11.0. The Hall–Kier alpha value is -2.08. The van der Waals surface area contributed by atoms with E-state index in [0.29, 0.717) is 24.5 Å². The van der Waals surface area contributed by atoms with Crippen molar-refractivity contribution in [1.29, 1.82) is 0 Å². The smallest absolute Gasteiger partial charge is 0.315 e. The van der Waals surface area contributed by atoms with Gasteiger partial charge in [0.05, 0.1) is 4.92 Å². The van der Waals surface area contributed by atoms with Gasteiger partial charge in [0.15, 0.2) is 0 Å². The van der Waals surface area contributed by atoms with Crippen LogP contribution in [0.15, 0.2) is 29.0 Å². The van der Waals surface area contributed by atoms with Gasteiger partial charge < -0.3 is 10.6 Å². The van der Waals surface area contributed by atoms with Crippen LogP contribution in [0.25, 0.3) is 0 Å². The van der Waals surface area contributed by atoms with E-state index in [2.05, 4.69) is 21.4 Å². The standard InChI is InChI=1S/C15H19N3O2S/c1-3-7-16-13-5-4-6-14(15(13)18(19)20)17-8-12-10-21-9-11(12)2/h4-6,9-10,16-17H,3,7-8H2,1-2H3. The molecule has 0 aliphatic heterocycles. The van der Waals surface area contributed by atoms with Gasteiger partial charge in [-0.1, -0.05) is 13.0 Å². The number of hydrogen-bond donors (Lipinski definition) is 2. The summed E-state index contributed by atoms with van der Waals surface area (Å²) < 4.78 is 0. The number of anilines is 2. The Bertz CT molecular complexity index is 625. The van der Waals surface area contributed by atoms with E-state index in [1.54, 1.807) is 23.5 Å². The van der Waals surface area contributed by atoms with Gasteiger partial charge in [0.25, 0.3) is 0 Å². The monoisotopic (exact) mass is 305 g/mol. The summed E-state index contributed by atoms with van der Waals surface area (Å²) >= 11 is 1.64. The molecule has 0 aliphatic carbocycles. The zero-order valence-corrected chi connectivity index (χ0v) is 13.0. The number of nitro benzene ring substituents is 1. The quantitative estimate of drug-likeness (QED) is 0.588. The Labute approximate surface area is 128 Å². The SMILES string of the molecule is CCCNc1cccc(NCc2cscc2C)c1[N+](=O)[O-]. The van der Waals surface area contributed by atoms with Gasteiger partial charge in [-0.25, -0.2) is 0 Å². The van der Waals surface area contributed by atoms with Gasteiger partial charge in [-0.05, 0) is 47.4 Å². The van der Waals surface area contributed by atoms with Crippen LogP contribution in [0, 0.1) is 17.0 Å². The van der Waals surface area contributed by atoms with Crippen LogP contribution >= 0.6 is 11.3 Å². The Morgan fingerprint density at radius 1 is 1.24 bits per heavy atom. The molecule has 0 fully saturated rings. The Balaban J connectivity index is 2.21. The van der Waals surface area contributed by atoms with E-state index in [1.807, 2.05) is 19.9 Å². The van der Waals surface area contributed by atoms with Crippen molar-refractivity contribution in [2.24, 2.45) is 0 Å². The minimum Gasteiger partial charge on any atom is -0.379 e. The molecule has 0 aliphatic rings. The third kappa shape index (κ3) is 3.72. The molecule has 0 saturated heterocycles. The van der Waals surface area contributed by atoms with Gasteiger partial charge in [0.1, 0.15) is 11.4 Å². The molecular formula is C15H19N3O2S. The molecule has 0 spiro atoms. The van der Waals surface area contributed by atoms with Crippen LogP contribution < -0.4 is 10.6 Å². The summed E-state index contributed by atoms with van der Waals surface area (Å²) in [6.45, 7) is 5.38.